The Morgan fingerprint density at radius 2 is 2.00 bits per heavy atom. The van der Waals surface area contributed by atoms with Crippen LogP contribution in [0.1, 0.15) is 19.4 Å². The summed E-state index contributed by atoms with van der Waals surface area (Å²) in [6.07, 6.45) is 1.73. The Hall–Kier alpha value is -1.33. The quantitative estimate of drug-likeness (QED) is 0.640. The Labute approximate surface area is 102 Å². The van der Waals surface area contributed by atoms with Gasteiger partial charge < -0.3 is 5.32 Å². The van der Waals surface area contributed by atoms with Crippen molar-refractivity contribution in [3.05, 3.63) is 36.4 Å². The van der Waals surface area contributed by atoms with Gasteiger partial charge in [0.05, 0.1) is 4.90 Å². The van der Waals surface area contributed by atoms with Crippen LogP contribution in [0.25, 0.3) is 0 Å². The zero-order chi connectivity index (χ0) is 13.3. The van der Waals surface area contributed by atoms with Crippen molar-refractivity contribution >= 4 is 15.8 Å². The SMILES string of the molecule is C=CC(C)(C)c1cc(S(=O)(=O)O)ccc1NC. The van der Waals surface area contributed by atoms with E-state index in [0.29, 0.717) is 0 Å². The zero-order valence-electron chi connectivity index (χ0n) is 10.2. The van der Waals surface area contributed by atoms with Crippen molar-refractivity contribution in [3.63, 3.8) is 0 Å². The Balaban J connectivity index is 3.51. The van der Waals surface area contributed by atoms with Gasteiger partial charge in [-0.05, 0) is 23.8 Å². The van der Waals surface area contributed by atoms with E-state index in [4.69, 9.17) is 4.55 Å². The van der Waals surface area contributed by atoms with E-state index in [9.17, 15) is 8.42 Å². The van der Waals surface area contributed by atoms with Gasteiger partial charge in [0.25, 0.3) is 10.1 Å². The fourth-order valence-electron chi connectivity index (χ4n) is 1.54. The maximum Gasteiger partial charge on any atom is 0.294 e. The van der Waals surface area contributed by atoms with Crippen molar-refractivity contribution in [2.45, 2.75) is 24.2 Å². The van der Waals surface area contributed by atoms with Crippen molar-refractivity contribution in [2.24, 2.45) is 0 Å². The molecular weight excluding hydrogens is 238 g/mol. The second-order valence-electron chi connectivity index (χ2n) is 4.36. The summed E-state index contributed by atoms with van der Waals surface area (Å²) in [5.74, 6) is 0. The number of hydrogen-bond acceptors (Lipinski definition) is 3. The molecule has 0 unspecified atom stereocenters. The molecule has 0 atom stereocenters. The molecule has 4 nitrogen and oxygen atoms in total. The maximum absolute atomic E-state index is 11.1. The Bertz CT molecular complexity index is 533. The molecule has 2 N–H and O–H groups in total. The Morgan fingerprint density at radius 3 is 2.41 bits per heavy atom. The molecule has 0 aromatic heterocycles. The molecule has 0 fully saturated rings. The van der Waals surface area contributed by atoms with Gasteiger partial charge >= 0.3 is 0 Å². The van der Waals surface area contributed by atoms with Gasteiger partial charge in [-0.15, -0.1) is 6.58 Å². The average molecular weight is 255 g/mol. The third-order valence-electron chi connectivity index (χ3n) is 2.76. The number of anilines is 1. The summed E-state index contributed by atoms with van der Waals surface area (Å²) in [5, 5.41) is 2.99. The molecule has 0 aliphatic carbocycles. The minimum Gasteiger partial charge on any atom is -0.388 e. The molecule has 0 saturated carbocycles. The van der Waals surface area contributed by atoms with Gasteiger partial charge in [0.1, 0.15) is 0 Å². The van der Waals surface area contributed by atoms with Crippen LogP contribution in [0.15, 0.2) is 35.7 Å². The fraction of sp³-hybridized carbons (Fsp3) is 0.333. The van der Waals surface area contributed by atoms with Crippen LogP contribution in [0.5, 0.6) is 0 Å². The molecule has 0 heterocycles. The summed E-state index contributed by atoms with van der Waals surface area (Å²) in [4.78, 5) is -0.110. The van der Waals surface area contributed by atoms with Crippen molar-refractivity contribution in [2.75, 3.05) is 12.4 Å². The highest BCUT2D eigenvalue weighted by atomic mass is 32.2. The van der Waals surface area contributed by atoms with E-state index in [1.807, 2.05) is 13.8 Å². The van der Waals surface area contributed by atoms with Crippen LogP contribution < -0.4 is 5.32 Å². The third kappa shape index (κ3) is 2.87. The number of benzene rings is 1. The van der Waals surface area contributed by atoms with E-state index in [1.54, 1.807) is 19.2 Å². The maximum atomic E-state index is 11.1. The Morgan fingerprint density at radius 1 is 1.41 bits per heavy atom. The van der Waals surface area contributed by atoms with E-state index in [-0.39, 0.29) is 10.3 Å². The predicted molar refractivity (Wildman–Crippen MR) is 69.0 cm³/mol. The van der Waals surface area contributed by atoms with E-state index in [0.717, 1.165) is 11.3 Å². The molecule has 0 bridgehead atoms. The molecule has 0 spiro atoms. The second kappa shape index (κ2) is 4.50. The van der Waals surface area contributed by atoms with E-state index < -0.39 is 10.1 Å². The van der Waals surface area contributed by atoms with E-state index in [1.165, 1.54) is 12.1 Å². The van der Waals surface area contributed by atoms with Gasteiger partial charge in [0.2, 0.25) is 0 Å². The lowest BCUT2D eigenvalue weighted by Crippen LogP contribution is -2.16. The van der Waals surface area contributed by atoms with Gasteiger partial charge in [-0.1, -0.05) is 19.9 Å². The molecule has 1 rings (SSSR count). The van der Waals surface area contributed by atoms with Gasteiger partial charge in [0.15, 0.2) is 0 Å². The fourth-order valence-corrected chi connectivity index (χ4v) is 2.05. The number of nitrogens with one attached hydrogen (secondary N) is 1. The van der Waals surface area contributed by atoms with Crippen molar-refractivity contribution in [1.29, 1.82) is 0 Å². The summed E-state index contributed by atoms with van der Waals surface area (Å²) in [6, 6.07) is 4.45. The second-order valence-corrected chi connectivity index (χ2v) is 5.78. The number of hydrogen-bond donors (Lipinski definition) is 2. The van der Waals surface area contributed by atoms with Crippen molar-refractivity contribution < 1.29 is 13.0 Å². The topological polar surface area (TPSA) is 66.4 Å². The van der Waals surface area contributed by atoms with Crippen LogP contribution in [-0.4, -0.2) is 20.0 Å². The normalized spacial score (nSPS) is 12.2. The molecule has 0 amide bonds. The summed E-state index contributed by atoms with van der Waals surface area (Å²) in [6.45, 7) is 7.58. The molecule has 94 valence electrons. The van der Waals surface area contributed by atoms with E-state index in [2.05, 4.69) is 11.9 Å². The predicted octanol–water partition coefficient (Wildman–Crippen LogP) is 2.44. The number of allylic oxidation sites excluding steroid dienone is 1. The minimum atomic E-state index is -4.18. The molecule has 0 aliphatic heterocycles. The summed E-state index contributed by atoms with van der Waals surface area (Å²) in [5.41, 5.74) is 1.19. The first-order valence-corrected chi connectivity index (χ1v) is 6.60. The first kappa shape index (κ1) is 13.7. The highest BCUT2D eigenvalue weighted by Crippen LogP contribution is 2.32. The minimum absolute atomic E-state index is 0.110. The van der Waals surface area contributed by atoms with Gasteiger partial charge in [-0.2, -0.15) is 8.42 Å². The molecule has 0 aliphatic rings. The van der Waals surface area contributed by atoms with Crippen LogP contribution in [-0.2, 0) is 15.5 Å². The third-order valence-corrected chi connectivity index (χ3v) is 3.61. The van der Waals surface area contributed by atoms with Crippen LogP contribution >= 0.6 is 0 Å². The van der Waals surface area contributed by atoms with Crippen LogP contribution in [0.3, 0.4) is 0 Å². The molecule has 1 aromatic rings. The largest absolute Gasteiger partial charge is 0.388 e. The molecule has 5 heteroatoms. The van der Waals surface area contributed by atoms with Crippen LogP contribution in [0.4, 0.5) is 5.69 Å². The molecule has 1 aromatic carbocycles. The van der Waals surface area contributed by atoms with Crippen molar-refractivity contribution in [1.82, 2.24) is 0 Å². The standard InChI is InChI=1S/C12H17NO3S/c1-5-12(2,3)10-8-9(17(14,15)16)6-7-11(10)13-4/h5-8,13H,1H2,2-4H3,(H,14,15,16). The first-order valence-electron chi connectivity index (χ1n) is 5.15. The lowest BCUT2D eigenvalue weighted by Gasteiger charge is -2.24. The zero-order valence-corrected chi connectivity index (χ0v) is 11.0. The van der Waals surface area contributed by atoms with Crippen molar-refractivity contribution in [3.8, 4) is 0 Å². The summed E-state index contributed by atoms with van der Waals surface area (Å²) < 4.78 is 31.3. The number of rotatable bonds is 4. The van der Waals surface area contributed by atoms with Gasteiger partial charge in [-0.25, -0.2) is 0 Å². The highest BCUT2D eigenvalue weighted by molar-refractivity contribution is 7.85. The van der Waals surface area contributed by atoms with Crippen LogP contribution in [0.2, 0.25) is 0 Å². The summed E-state index contributed by atoms with van der Waals surface area (Å²) >= 11 is 0. The van der Waals surface area contributed by atoms with Gasteiger partial charge in [-0.3, -0.25) is 4.55 Å². The molecule has 0 radical (unpaired) electrons. The van der Waals surface area contributed by atoms with Gasteiger partial charge in [0, 0.05) is 18.2 Å². The highest BCUT2D eigenvalue weighted by Gasteiger charge is 2.22. The first-order chi connectivity index (χ1) is 7.72. The summed E-state index contributed by atoms with van der Waals surface area (Å²) in [7, 11) is -2.43. The smallest absolute Gasteiger partial charge is 0.294 e. The molecular formula is C12H17NO3S. The molecule has 17 heavy (non-hydrogen) atoms. The molecule has 0 saturated heterocycles. The Kier molecular flexibility index (Phi) is 3.64. The lowest BCUT2D eigenvalue weighted by molar-refractivity contribution is 0.483. The van der Waals surface area contributed by atoms with E-state index >= 15 is 0 Å². The lowest BCUT2D eigenvalue weighted by atomic mass is 9.84. The van der Waals surface area contributed by atoms with Crippen LogP contribution in [0, 0.1) is 0 Å². The monoisotopic (exact) mass is 255 g/mol. The average Bonchev–Trinajstić information content (AvgIpc) is 2.27.